The third-order valence-corrected chi connectivity index (χ3v) is 3.88. The summed E-state index contributed by atoms with van der Waals surface area (Å²) in [5, 5.41) is 2.69. The summed E-state index contributed by atoms with van der Waals surface area (Å²) < 4.78 is 44.5. The van der Waals surface area contributed by atoms with Gasteiger partial charge < -0.3 is 14.6 Å². The second kappa shape index (κ2) is 6.62. The van der Waals surface area contributed by atoms with Crippen LogP contribution in [-0.2, 0) is 23.9 Å². The number of carbonyl (C=O) groups is 1. The van der Waals surface area contributed by atoms with E-state index in [1.807, 2.05) is 24.3 Å². The quantitative estimate of drug-likeness (QED) is 0.919. The molecule has 132 valence electrons. The van der Waals surface area contributed by atoms with Gasteiger partial charge in [0.2, 0.25) is 5.91 Å². The molecule has 0 fully saturated rings. The summed E-state index contributed by atoms with van der Waals surface area (Å²) in [6, 6.07) is 8.90. The van der Waals surface area contributed by atoms with Crippen LogP contribution in [0.3, 0.4) is 0 Å². The van der Waals surface area contributed by atoms with E-state index in [-0.39, 0.29) is 12.6 Å². The number of carbonyl (C=O) groups excluding carboxylic acids is 1. The van der Waals surface area contributed by atoms with E-state index in [0.717, 1.165) is 28.1 Å². The molecule has 3 rings (SSSR count). The minimum atomic E-state index is -4.75. The molecule has 0 unspecified atom stereocenters. The number of ether oxygens (including phenoxy) is 1. The maximum atomic E-state index is 12.7. The molecule has 0 spiro atoms. The van der Waals surface area contributed by atoms with E-state index < -0.39 is 29.8 Å². The van der Waals surface area contributed by atoms with Crippen LogP contribution >= 0.6 is 0 Å². The molecular weight excluding hydrogens is 337 g/mol. The van der Waals surface area contributed by atoms with Crippen LogP contribution in [0.1, 0.15) is 11.1 Å². The van der Waals surface area contributed by atoms with Gasteiger partial charge in [0.25, 0.3) is 5.56 Å². The van der Waals surface area contributed by atoms with Crippen molar-refractivity contribution in [3.63, 3.8) is 0 Å². The maximum Gasteiger partial charge on any atom is 0.421 e. The largest absolute Gasteiger partial charge is 0.491 e. The smallest absolute Gasteiger partial charge is 0.421 e. The fraction of sp³-hybridized carbons (Fsp3) is 0.294. The summed E-state index contributed by atoms with van der Waals surface area (Å²) in [5.41, 5.74) is -1.59. The Labute approximate surface area is 141 Å². The number of aromatic nitrogens is 1. The zero-order valence-corrected chi connectivity index (χ0v) is 13.0. The fourth-order valence-electron chi connectivity index (χ4n) is 2.73. The molecule has 1 N–H and O–H groups in total. The molecule has 2 heterocycles. The Bertz CT molecular complexity index is 846. The number of hydrogen-bond acceptors (Lipinski definition) is 3. The molecule has 25 heavy (non-hydrogen) atoms. The molecular formula is C17H15F3N2O3. The van der Waals surface area contributed by atoms with Gasteiger partial charge in [-0.1, -0.05) is 18.2 Å². The number of amides is 1. The van der Waals surface area contributed by atoms with E-state index in [2.05, 4.69) is 5.32 Å². The number of rotatable bonds is 3. The molecule has 0 saturated carbocycles. The van der Waals surface area contributed by atoms with Crippen LogP contribution < -0.4 is 15.6 Å². The second-order valence-corrected chi connectivity index (χ2v) is 5.74. The Morgan fingerprint density at radius 2 is 2.00 bits per heavy atom. The third kappa shape index (κ3) is 3.84. The number of nitrogens with one attached hydrogen (secondary N) is 1. The number of nitrogens with zero attached hydrogens (tertiary/aromatic N) is 1. The maximum absolute atomic E-state index is 12.7. The molecule has 5 nitrogen and oxygen atoms in total. The topological polar surface area (TPSA) is 60.3 Å². The zero-order valence-electron chi connectivity index (χ0n) is 13.0. The number of alkyl halides is 3. The SMILES string of the molecule is O=C(Cn1cccc(C(F)(F)F)c1=O)N[C@@H]1COc2ccccc2C1. The highest BCUT2D eigenvalue weighted by Crippen LogP contribution is 2.26. The zero-order chi connectivity index (χ0) is 18.0. The molecule has 1 aliphatic rings. The monoisotopic (exact) mass is 352 g/mol. The number of pyridine rings is 1. The van der Waals surface area contributed by atoms with E-state index in [4.69, 9.17) is 4.74 Å². The van der Waals surface area contributed by atoms with Gasteiger partial charge in [-0.05, 0) is 30.2 Å². The molecule has 1 aliphatic heterocycles. The first-order valence-corrected chi connectivity index (χ1v) is 7.61. The van der Waals surface area contributed by atoms with Crippen molar-refractivity contribution >= 4 is 5.91 Å². The number of hydrogen-bond donors (Lipinski definition) is 1. The van der Waals surface area contributed by atoms with Gasteiger partial charge in [0.05, 0.1) is 6.04 Å². The van der Waals surface area contributed by atoms with Crippen molar-refractivity contribution < 1.29 is 22.7 Å². The van der Waals surface area contributed by atoms with Gasteiger partial charge in [-0.2, -0.15) is 13.2 Å². The standard InChI is InChI=1S/C17H15F3N2O3/c18-17(19,20)13-5-3-7-22(16(13)24)9-15(23)21-12-8-11-4-1-2-6-14(11)25-10-12/h1-7,12H,8-10H2,(H,21,23)/t12-/m0/s1. The Balaban J connectivity index is 1.67. The van der Waals surface area contributed by atoms with Crippen LogP contribution in [0.4, 0.5) is 13.2 Å². The molecule has 1 aromatic carbocycles. The predicted molar refractivity (Wildman–Crippen MR) is 83.3 cm³/mol. The van der Waals surface area contributed by atoms with Crippen molar-refractivity contribution in [3.8, 4) is 5.75 Å². The lowest BCUT2D eigenvalue weighted by Gasteiger charge is -2.26. The molecule has 0 saturated heterocycles. The molecule has 0 radical (unpaired) electrons. The van der Waals surface area contributed by atoms with Gasteiger partial charge in [-0.15, -0.1) is 0 Å². The molecule has 0 aliphatic carbocycles. The highest BCUT2D eigenvalue weighted by molar-refractivity contribution is 5.76. The van der Waals surface area contributed by atoms with E-state index >= 15 is 0 Å². The van der Waals surface area contributed by atoms with Crippen molar-refractivity contribution in [1.29, 1.82) is 0 Å². The van der Waals surface area contributed by atoms with Crippen LogP contribution in [0.2, 0.25) is 0 Å². The van der Waals surface area contributed by atoms with Crippen molar-refractivity contribution in [2.24, 2.45) is 0 Å². The Morgan fingerprint density at radius 1 is 1.24 bits per heavy atom. The lowest BCUT2D eigenvalue weighted by Crippen LogP contribution is -2.45. The lowest BCUT2D eigenvalue weighted by atomic mass is 10.0. The summed E-state index contributed by atoms with van der Waals surface area (Å²) in [5.74, 6) is 0.205. The number of fused-ring (bicyclic) bond motifs is 1. The summed E-state index contributed by atoms with van der Waals surface area (Å²) in [7, 11) is 0. The Hall–Kier alpha value is -2.77. The average molecular weight is 352 g/mol. The number of benzene rings is 1. The Kier molecular flexibility index (Phi) is 4.52. The third-order valence-electron chi connectivity index (χ3n) is 3.88. The van der Waals surface area contributed by atoms with Gasteiger partial charge in [-0.3, -0.25) is 9.59 Å². The molecule has 2 aromatic rings. The first-order chi connectivity index (χ1) is 11.8. The summed E-state index contributed by atoms with van der Waals surface area (Å²) in [6.07, 6.45) is -3.04. The van der Waals surface area contributed by atoms with Gasteiger partial charge in [0, 0.05) is 6.20 Å². The molecule has 8 heteroatoms. The van der Waals surface area contributed by atoms with E-state index in [1.165, 1.54) is 0 Å². The lowest BCUT2D eigenvalue weighted by molar-refractivity contribution is -0.139. The molecule has 1 aromatic heterocycles. The number of para-hydroxylation sites is 1. The van der Waals surface area contributed by atoms with Crippen LogP contribution in [0.25, 0.3) is 0 Å². The van der Waals surface area contributed by atoms with E-state index in [9.17, 15) is 22.8 Å². The summed E-state index contributed by atoms with van der Waals surface area (Å²) in [4.78, 5) is 23.9. The predicted octanol–water partition coefficient (Wildman–Crippen LogP) is 1.99. The van der Waals surface area contributed by atoms with Crippen molar-refractivity contribution in [3.05, 3.63) is 64.1 Å². The van der Waals surface area contributed by atoms with Crippen LogP contribution in [0, 0.1) is 0 Å². The van der Waals surface area contributed by atoms with Gasteiger partial charge >= 0.3 is 6.18 Å². The van der Waals surface area contributed by atoms with E-state index in [0.29, 0.717) is 12.5 Å². The average Bonchev–Trinajstić information content (AvgIpc) is 2.55. The number of halogens is 3. The van der Waals surface area contributed by atoms with Crippen molar-refractivity contribution in [1.82, 2.24) is 9.88 Å². The van der Waals surface area contributed by atoms with Crippen LogP contribution in [0.15, 0.2) is 47.4 Å². The first kappa shape index (κ1) is 17.1. The molecule has 1 atom stereocenters. The Morgan fingerprint density at radius 3 is 2.76 bits per heavy atom. The van der Waals surface area contributed by atoms with Crippen LogP contribution in [0.5, 0.6) is 5.75 Å². The highest BCUT2D eigenvalue weighted by atomic mass is 19.4. The van der Waals surface area contributed by atoms with Crippen molar-refractivity contribution in [2.45, 2.75) is 25.2 Å². The summed E-state index contributed by atoms with van der Waals surface area (Å²) >= 11 is 0. The van der Waals surface area contributed by atoms with Gasteiger partial charge in [0.15, 0.2) is 0 Å². The minimum absolute atomic E-state index is 0.264. The van der Waals surface area contributed by atoms with E-state index in [1.54, 1.807) is 0 Å². The first-order valence-electron chi connectivity index (χ1n) is 7.61. The van der Waals surface area contributed by atoms with Crippen LogP contribution in [-0.4, -0.2) is 23.1 Å². The molecule has 0 bridgehead atoms. The fourth-order valence-corrected chi connectivity index (χ4v) is 2.73. The summed E-state index contributed by atoms with van der Waals surface area (Å²) in [6.45, 7) is -0.221. The second-order valence-electron chi connectivity index (χ2n) is 5.74. The normalized spacial score (nSPS) is 16.7. The van der Waals surface area contributed by atoms with Gasteiger partial charge in [-0.25, -0.2) is 0 Å². The van der Waals surface area contributed by atoms with Crippen molar-refractivity contribution in [2.75, 3.05) is 6.61 Å². The van der Waals surface area contributed by atoms with Gasteiger partial charge in [0.1, 0.15) is 24.5 Å². The molecule has 1 amide bonds. The highest BCUT2D eigenvalue weighted by Gasteiger charge is 2.34. The minimum Gasteiger partial charge on any atom is -0.491 e.